The summed E-state index contributed by atoms with van der Waals surface area (Å²) in [5.41, 5.74) is 0. The van der Waals surface area contributed by atoms with Gasteiger partial charge in [0.05, 0.1) is 0 Å². The van der Waals surface area contributed by atoms with Crippen LogP contribution in [-0.4, -0.2) is 36.0 Å². The molecule has 1 amide bonds. The van der Waals surface area contributed by atoms with Crippen molar-refractivity contribution in [2.75, 3.05) is 18.1 Å². The van der Waals surface area contributed by atoms with E-state index in [1.54, 1.807) is 0 Å². The van der Waals surface area contributed by atoms with Crippen LogP contribution in [0.1, 0.15) is 46.5 Å². The lowest BCUT2D eigenvalue weighted by atomic mass is 9.74. The number of hydrogen-bond acceptors (Lipinski definition) is 3. The Morgan fingerprint density at radius 3 is 2.76 bits per heavy atom. The second-order valence-electron chi connectivity index (χ2n) is 6.93. The molecule has 2 rings (SSSR count). The second kappa shape index (κ2) is 9.26. The van der Waals surface area contributed by atoms with Crippen LogP contribution in [0.25, 0.3) is 0 Å². The Morgan fingerprint density at radius 1 is 1.38 bits per heavy atom. The van der Waals surface area contributed by atoms with E-state index in [0.717, 1.165) is 24.6 Å². The number of carbonyl (C=O) groups is 1. The van der Waals surface area contributed by atoms with E-state index < -0.39 is 0 Å². The number of nitrogens with one attached hydrogen (secondary N) is 2. The molecular weight excluding hydrogens is 304 g/mol. The van der Waals surface area contributed by atoms with Gasteiger partial charge in [0.1, 0.15) is 0 Å². The zero-order chi connectivity index (χ0) is 14.5. The highest BCUT2D eigenvalue weighted by Crippen LogP contribution is 2.33. The molecule has 0 spiro atoms. The van der Waals surface area contributed by atoms with E-state index in [-0.39, 0.29) is 18.3 Å². The minimum Gasteiger partial charge on any atom is -0.353 e. The predicted molar refractivity (Wildman–Crippen MR) is 94.3 cm³/mol. The summed E-state index contributed by atoms with van der Waals surface area (Å²) in [5, 5.41) is 6.79. The molecule has 4 atom stereocenters. The van der Waals surface area contributed by atoms with E-state index in [9.17, 15) is 4.79 Å². The van der Waals surface area contributed by atoms with Gasteiger partial charge in [-0.05, 0) is 30.6 Å². The van der Waals surface area contributed by atoms with Crippen LogP contribution in [0.4, 0.5) is 0 Å². The van der Waals surface area contributed by atoms with Crippen LogP contribution in [0, 0.1) is 17.8 Å². The molecule has 0 aromatic heterocycles. The molecule has 21 heavy (non-hydrogen) atoms. The lowest BCUT2D eigenvalue weighted by Gasteiger charge is -2.38. The maximum atomic E-state index is 12.3. The maximum Gasteiger partial charge on any atom is 0.221 e. The van der Waals surface area contributed by atoms with Crippen molar-refractivity contribution in [2.45, 2.75) is 58.5 Å². The summed E-state index contributed by atoms with van der Waals surface area (Å²) >= 11 is 1.95. The zero-order valence-electron chi connectivity index (χ0n) is 13.6. The van der Waals surface area contributed by atoms with Crippen molar-refractivity contribution in [3.8, 4) is 0 Å². The molecule has 124 valence electrons. The molecule has 2 N–H and O–H groups in total. The molecule has 0 radical (unpaired) electrons. The fraction of sp³-hybridized carbons (Fsp3) is 0.938. The SMILES string of the molecule is CC1CCC(C(C)C)C(NC(=O)CC2CSCCN2)C1.Cl. The molecule has 5 heteroatoms. The van der Waals surface area contributed by atoms with Gasteiger partial charge in [0, 0.05) is 36.6 Å². The summed E-state index contributed by atoms with van der Waals surface area (Å²) in [7, 11) is 0. The van der Waals surface area contributed by atoms with Gasteiger partial charge in [-0.1, -0.05) is 27.2 Å². The number of thioether (sulfide) groups is 1. The van der Waals surface area contributed by atoms with Gasteiger partial charge in [-0.25, -0.2) is 0 Å². The van der Waals surface area contributed by atoms with Crippen molar-refractivity contribution in [3.05, 3.63) is 0 Å². The van der Waals surface area contributed by atoms with Crippen LogP contribution >= 0.6 is 24.2 Å². The molecule has 4 unspecified atom stereocenters. The predicted octanol–water partition coefficient (Wildman–Crippen LogP) is 3.08. The highest BCUT2D eigenvalue weighted by molar-refractivity contribution is 7.99. The first-order valence-corrected chi connectivity index (χ1v) is 9.32. The van der Waals surface area contributed by atoms with Crippen molar-refractivity contribution in [1.82, 2.24) is 10.6 Å². The zero-order valence-corrected chi connectivity index (χ0v) is 15.2. The highest BCUT2D eigenvalue weighted by atomic mass is 35.5. The summed E-state index contributed by atoms with van der Waals surface area (Å²) in [6, 6.07) is 0.759. The normalized spacial score (nSPS) is 33.3. The summed E-state index contributed by atoms with van der Waals surface area (Å²) in [5.74, 6) is 4.56. The Hall–Kier alpha value is 0.0700. The number of hydrogen-bond donors (Lipinski definition) is 2. The van der Waals surface area contributed by atoms with E-state index in [1.807, 2.05) is 11.8 Å². The number of rotatable bonds is 4. The molecule has 0 bridgehead atoms. The van der Waals surface area contributed by atoms with Crippen LogP contribution in [0.5, 0.6) is 0 Å². The van der Waals surface area contributed by atoms with E-state index in [0.29, 0.717) is 30.3 Å². The maximum absolute atomic E-state index is 12.3. The van der Waals surface area contributed by atoms with Crippen molar-refractivity contribution in [1.29, 1.82) is 0 Å². The standard InChI is InChI=1S/C16H30N2OS.ClH/c1-11(2)14-5-4-12(3)8-15(14)18-16(19)9-13-10-20-7-6-17-13;/h11-15,17H,4-10H2,1-3H3,(H,18,19);1H. The minimum absolute atomic E-state index is 0. The smallest absolute Gasteiger partial charge is 0.221 e. The molecule has 0 aromatic rings. The van der Waals surface area contributed by atoms with Gasteiger partial charge in [-0.15, -0.1) is 12.4 Å². The van der Waals surface area contributed by atoms with E-state index in [4.69, 9.17) is 0 Å². The van der Waals surface area contributed by atoms with Gasteiger partial charge >= 0.3 is 0 Å². The molecule has 1 aliphatic carbocycles. The Labute approximate surface area is 140 Å². The molecule has 1 heterocycles. The van der Waals surface area contributed by atoms with Gasteiger partial charge in [0.25, 0.3) is 0 Å². The third-order valence-corrected chi connectivity index (χ3v) is 5.93. The fourth-order valence-electron chi connectivity index (χ4n) is 3.61. The summed E-state index contributed by atoms with van der Waals surface area (Å²) in [4.78, 5) is 12.3. The lowest BCUT2D eigenvalue weighted by molar-refractivity contribution is -0.123. The Bertz CT molecular complexity index is 321. The third kappa shape index (κ3) is 5.99. The summed E-state index contributed by atoms with van der Waals surface area (Å²) in [6.45, 7) is 7.94. The van der Waals surface area contributed by atoms with Crippen molar-refractivity contribution < 1.29 is 4.79 Å². The molecule has 3 nitrogen and oxygen atoms in total. The third-order valence-electron chi connectivity index (χ3n) is 4.80. The monoisotopic (exact) mass is 334 g/mol. The molecule has 1 saturated carbocycles. The Morgan fingerprint density at radius 2 is 2.14 bits per heavy atom. The number of halogens is 1. The van der Waals surface area contributed by atoms with Gasteiger partial charge in [0.2, 0.25) is 5.91 Å². The van der Waals surface area contributed by atoms with Crippen LogP contribution < -0.4 is 10.6 Å². The van der Waals surface area contributed by atoms with Crippen LogP contribution in [-0.2, 0) is 4.79 Å². The topological polar surface area (TPSA) is 41.1 Å². The Balaban J connectivity index is 0.00000220. The molecule has 1 aliphatic heterocycles. The molecule has 1 saturated heterocycles. The van der Waals surface area contributed by atoms with Crippen molar-refractivity contribution >= 4 is 30.1 Å². The summed E-state index contributed by atoms with van der Waals surface area (Å²) < 4.78 is 0. The summed E-state index contributed by atoms with van der Waals surface area (Å²) in [6.07, 6.45) is 4.38. The van der Waals surface area contributed by atoms with Crippen LogP contribution in [0.2, 0.25) is 0 Å². The molecule has 2 fully saturated rings. The van der Waals surface area contributed by atoms with Crippen LogP contribution in [0.3, 0.4) is 0 Å². The van der Waals surface area contributed by atoms with Gasteiger partial charge in [0.15, 0.2) is 0 Å². The molecular formula is C16H31ClN2OS. The second-order valence-corrected chi connectivity index (χ2v) is 8.08. The van der Waals surface area contributed by atoms with E-state index in [1.165, 1.54) is 18.6 Å². The number of amides is 1. The Kier molecular flexibility index (Phi) is 8.43. The highest BCUT2D eigenvalue weighted by Gasteiger charge is 2.32. The average Bonchev–Trinajstić information content (AvgIpc) is 2.39. The average molecular weight is 335 g/mol. The van der Waals surface area contributed by atoms with Gasteiger partial charge in [-0.3, -0.25) is 4.79 Å². The lowest BCUT2D eigenvalue weighted by Crippen LogP contribution is -2.48. The van der Waals surface area contributed by atoms with Gasteiger partial charge < -0.3 is 10.6 Å². The van der Waals surface area contributed by atoms with E-state index >= 15 is 0 Å². The van der Waals surface area contributed by atoms with Crippen LogP contribution in [0.15, 0.2) is 0 Å². The first kappa shape index (κ1) is 19.1. The van der Waals surface area contributed by atoms with Gasteiger partial charge in [-0.2, -0.15) is 11.8 Å². The molecule has 2 aliphatic rings. The first-order chi connectivity index (χ1) is 9.56. The molecule has 0 aromatic carbocycles. The van der Waals surface area contributed by atoms with E-state index in [2.05, 4.69) is 31.4 Å². The first-order valence-electron chi connectivity index (χ1n) is 8.16. The fourth-order valence-corrected chi connectivity index (χ4v) is 4.56. The number of carbonyl (C=O) groups excluding carboxylic acids is 1. The van der Waals surface area contributed by atoms with Crippen molar-refractivity contribution in [3.63, 3.8) is 0 Å². The quantitative estimate of drug-likeness (QED) is 0.830. The van der Waals surface area contributed by atoms with Crippen molar-refractivity contribution in [2.24, 2.45) is 17.8 Å². The minimum atomic E-state index is 0. The largest absolute Gasteiger partial charge is 0.353 e.